The highest BCUT2D eigenvalue weighted by molar-refractivity contribution is 5.90. The number of nitrogens with one attached hydrogen (secondary N) is 1. The number of hydrogen-bond donors (Lipinski definition) is 1. The highest BCUT2D eigenvalue weighted by atomic mass is 19.1. The Morgan fingerprint density at radius 3 is 2.46 bits per heavy atom. The van der Waals surface area contributed by atoms with Crippen LogP contribution in [0.5, 0.6) is 0 Å². The number of carbonyl (C=O) groups excluding carboxylic acids is 2. The van der Waals surface area contributed by atoms with E-state index < -0.39 is 0 Å². The van der Waals surface area contributed by atoms with E-state index in [2.05, 4.69) is 20.3 Å². The van der Waals surface area contributed by atoms with Crippen LogP contribution in [0, 0.1) is 12.7 Å². The molecule has 0 atom stereocenters. The number of hydrogen-bond acceptors (Lipinski definition) is 5. The van der Waals surface area contributed by atoms with Crippen LogP contribution in [-0.4, -0.2) is 75.1 Å². The largest absolute Gasteiger partial charge is 0.352 e. The molecule has 8 nitrogen and oxygen atoms in total. The normalized spacial score (nSPS) is 17.6. The predicted octanol–water partition coefficient (Wildman–Crippen LogP) is 0.751. The molecule has 4 rings (SSSR count). The van der Waals surface area contributed by atoms with Crippen LogP contribution < -0.4 is 5.32 Å². The van der Waals surface area contributed by atoms with Crippen LogP contribution in [0.1, 0.15) is 29.3 Å². The summed E-state index contributed by atoms with van der Waals surface area (Å²) in [4.78, 5) is 32.7. The minimum Gasteiger partial charge on any atom is -0.352 e. The van der Waals surface area contributed by atoms with Crippen molar-refractivity contribution < 1.29 is 14.0 Å². The first-order valence-electron chi connectivity index (χ1n) is 9.50. The Bertz CT molecular complexity index is 869. The fraction of sp³-hybridized carbons (Fsp3) is 0.474. The number of benzene rings is 1. The molecule has 2 fully saturated rings. The molecule has 1 aliphatic heterocycles. The van der Waals surface area contributed by atoms with Crippen LogP contribution in [0.3, 0.4) is 0 Å². The second-order valence-electron chi connectivity index (χ2n) is 7.28. The highest BCUT2D eigenvalue weighted by Gasteiger charge is 2.28. The van der Waals surface area contributed by atoms with E-state index in [9.17, 15) is 14.0 Å². The number of nitrogens with zero attached hydrogens (tertiary/aromatic N) is 5. The summed E-state index contributed by atoms with van der Waals surface area (Å²) in [5, 5.41) is 7.29. The first-order chi connectivity index (χ1) is 13.5. The quantitative estimate of drug-likeness (QED) is 0.820. The molecule has 0 spiro atoms. The Balaban J connectivity index is 1.35. The number of aryl methyl sites for hydroxylation is 1. The van der Waals surface area contributed by atoms with Crippen LogP contribution in [-0.2, 0) is 4.79 Å². The van der Waals surface area contributed by atoms with E-state index in [0.717, 1.165) is 12.8 Å². The fourth-order valence-corrected chi connectivity index (χ4v) is 3.26. The zero-order valence-corrected chi connectivity index (χ0v) is 15.8. The van der Waals surface area contributed by atoms with E-state index in [1.54, 1.807) is 24.0 Å². The molecule has 28 heavy (non-hydrogen) atoms. The van der Waals surface area contributed by atoms with Gasteiger partial charge in [0.25, 0.3) is 5.91 Å². The van der Waals surface area contributed by atoms with Gasteiger partial charge in [-0.2, -0.15) is 0 Å². The van der Waals surface area contributed by atoms with Gasteiger partial charge < -0.3 is 10.2 Å². The summed E-state index contributed by atoms with van der Waals surface area (Å²) in [6.45, 7) is 4.46. The van der Waals surface area contributed by atoms with Crippen LogP contribution in [0.2, 0.25) is 0 Å². The summed E-state index contributed by atoms with van der Waals surface area (Å²) in [6.07, 6.45) is 2.15. The lowest BCUT2D eigenvalue weighted by Gasteiger charge is -2.33. The topological polar surface area (TPSA) is 83.4 Å². The van der Waals surface area contributed by atoms with E-state index in [1.165, 1.54) is 16.8 Å². The lowest BCUT2D eigenvalue weighted by atomic mass is 10.3. The number of halogens is 1. The molecular formula is C19H23FN6O2. The summed E-state index contributed by atoms with van der Waals surface area (Å²) in [7, 11) is 0. The summed E-state index contributed by atoms with van der Waals surface area (Å²) in [6, 6.07) is 6.24. The second-order valence-corrected chi connectivity index (χ2v) is 7.28. The van der Waals surface area contributed by atoms with Crippen molar-refractivity contribution in [2.75, 3.05) is 32.7 Å². The number of aromatic nitrogens is 3. The van der Waals surface area contributed by atoms with Crippen molar-refractivity contribution in [3.63, 3.8) is 0 Å². The monoisotopic (exact) mass is 386 g/mol. The Morgan fingerprint density at radius 1 is 1.14 bits per heavy atom. The lowest BCUT2D eigenvalue weighted by molar-refractivity contribution is -0.122. The summed E-state index contributed by atoms with van der Waals surface area (Å²) < 4.78 is 14.7. The summed E-state index contributed by atoms with van der Waals surface area (Å²) in [5.41, 5.74) is 0.650. The van der Waals surface area contributed by atoms with Crippen LogP contribution in [0.25, 0.3) is 5.69 Å². The number of amides is 2. The molecule has 0 unspecified atom stereocenters. The molecule has 2 aromatic rings. The van der Waals surface area contributed by atoms with Crippen LogP contribution in [0.4, 0.5) is 4.39 Å². The second kappa shape index (κ2) is 7.67. The van der Waals surface area contributed by atoms with Gasteiger partial charge in [-0.15, -0.1) is 5.10 Å². The number of rotatable bonds is 5. The lowest BCUT2D eigenvalue weighted by Crippen LogP contribution is -2.51. The highest BCUT2D eigenvalue weighted by Crippen LogP contribution is 2.18. The maximum Gasteiger partial charge on any atom is 0.293 e. The minimum atomic E-state index is -0.332. The molecule has 9 heteroatoms. The molecule has 2 aliphatic rings. The van der Waals surface area contributed by atoms with Gasteiger partial charge in [-0.1, -0.05) is 0 Å². The molecule has 2 heterocycles. The Kier molecular flexibility index (Phi) is 5.08. The van der Waals surface area contributed by atoms with E-state index in [-0.39, 0.29) is 23.5 Å². The van der Waals surface area contributed by atoms with Gasteiger partial charge in [-0.25, -0.2) is 14.1 Å². The fourth-order valence-electron chi connectivity index (χ4n) is 3.26. The van der Waals surface area contributed by atoms with Crippen molar-refractivity contribution in [2.24, 2.45) is 0 Å². The molecule has 1 N–H and O–H groups in total. The molecule has 1 aliphatic carbocycles. The maximum absolute atomic E-state index is 13.1. The van der Waals surface area contributed by atoms with E-state index in [1.807, 2.05) is 0 Å². The van der Waals surface area contributed by atoms with Crippen LogP contribution >= 0.6 is 0 Å². The van der Waals surface area contributed by atoms with Crippen LogP contribution in [0.15, 0.2) is 24.3 Å². The molecule has 0 bridgehead atoms. The third-order valence-electron chi connectivity index (χ3n) is 5.00. The van der Waals surface area contributed by atoms with E-state index in [0.29, 0.717) is 50.3 Å². The standard InChI is InChI=1S/C19H23FN6O2/c1-13-21-18(23-26(13)16-6-2-14(20)3-7-16)19(28)25-10-8-24(9-11-25)12-17(27)22-15-4-5-15/h2-3,6-7,15H,4-5,8-12H2,1H3,(H,22,27). The third kappa shape index (κ3) is 4.19. The van der Waals surface area contributed by atoms with E-state index >= 15 is 0 Å². The molecular weight excluding hydrogens is 363 g/mol. The zero-order chi connectivity index (χ0) is 19.7. The first kappa shape index (κ1) is 18.5. The molecule has 1 saturated heterocycles. The van der Waals surface area contributed by atoms with Gasteiger partial charge in [0.15, 0.2) is 0 Å². The van der Waals surface area contributed by atoms with Crippen molar-refractivity contribution in [1.82, 2.24) is 29.9 Å². The van der Waals surface area contributed by atoms with Gasteiger partial charge in [-0.3, -0.25) is 14.5 Å². The number of piperazine rings is 1. The zero-order valence-electron chi connectivity index (χ0n) is 15.8. The van der Waals surface area contributed by atoms with Crippen molar-refractivity contribution >= 4 is 11.8 Å². The number of carbonyl (C=O) groups is 2. The van der Waals surface area contributed by atoms with Crippen molar-refractivity contribution in [3.05, 3.63) is 41.7 Å². The van der Waals surface area contributed by atoms with Crippen molar-refractivity contribution in [3.8, 4) is 5.69 Å². The summed E-state index contributed by atoms with van der Waals surface area (Å²) in [5.74, 6) is 0.178. The molecule has 2 amide bonds. The smallest absolute Gasteiger partial charge is 0.293 e. The summed E-state index contributed by atoms with van der Waals surface area (Å²) >= 11 is 0. The average molecular weight is 386 g/mol. The molecule has 1 aromatic carbocycles. The van der Waals surface area contributed by atoms with Crippen molar-refractivity contribution in [2.45, 2.75) is 25.8 Å². The SMILES string of the molecule is Cc1nc(C(=O)N2CCN(CC(=O)NC3CC3)CC2)nn1-c1ccc(F)cc1. The van der Waals surface area contributed by atoms with Gasteiger partial charge in [0.05, 0.1) is 12.2 Å². The maximum atomic E-state index is 13.1. The van der Waals surface area contributed by atoms with Crippen molar-refractivity contribution in [1.29, 1.82) is 0 Å². The Hall–Kier alpha value is -2.81. The first-order valence-corrected chi connectivity index (χ1v) is 9.50. The Morgan fingerprint density at radius 2 is 1.82 bits per heavy atom. The van der Waals surface area contributed by atoms with Gasteiger partial charge in [0.1, 0.15) is 11.6 Å². The molecule has 148 valence electrons. The van der Waals surface area contributed by atoms with Gasteiger partial charge in [0.2, 0.25) is 11.7 Å². The molecule has 1 saturated carbocycles. The average Bonchev–Trinajstić information content (AvgIpc) is 3.41. The third-order valence-corrected chi connectivity index (χ3v) is 5.00. The molecule has 0 radical (unpaired) electrons. The molecule has 1 aromatic heterocycles. The Labute approximate surface area is 162 Å². The van der Waals surface area contributed by atoms with E-state index in [4.69, 9.17) is 0 Å². The van der Waals surface area contributed by atoms with Gasteiger partial charge >= 0.3 is 0 Å². The minimum absolute atomic E-state index is 0.0533. The predicted molar refractivity (Wildman–Crippen MR) is 99.6 cm³/mol. The van der Waals surface area contributed by atoms with Gasteiger partial charge in [0, 0.05) is 32.2 Å². The van der Waals surface area contributed by atoms with Gasteiger partial charge in [-0.05, 0) is 44.0 Å².